The molecule has 1 atom stereocenters. The molecular weight excluding hydrogens is 260 g/mol. The Morgan fingerprint density at radius 3 is 3.10 bits per heavy atom. The van der Waals surface area contributed by atoms with Gasteiger partial charge < -0.3 is 15.4 Å². The molecule has 2 N–H and O–H groups in total. The van der Waals surface area contributed by atoms with Crippen molar-refractivity contribution in [1.29, 1.82) is 0 Å². The Hall–Kier alpha value is -2.48. The van der Waals surface area contributed by atoms with Crippen molar-refractivity contribution in [2.45, 2.75) is 13.0 Å². The van der Waals surface area contributed by atoms with Crippen molar-refractivity contribution < 1.29 is 9.53 Å². The minimum atomic E-state index is -0.330. The van der Waals surface area contributed by atoms with Crippen LogP contribution in [0.5, 0.6) is 0 Å². The first-order valence-corrected chi connectivity index (χ1v) is 6.07. The molecule has 1 unspecified atom stereocenters. The van der Waals surface area contributed by atoms with Crippen LogP contribution in [0.2, 0.25) is 0 Å². The van der Waals surface area contributed by atoms with Crippen LogP contribution in [-0.2, 0) is 4.74 Å². The molecule has 0 bridgehead atoms. The second-order valence-electron chi connectivity index (χ2n) is 4.17. The molecule has 0 saturated heterocycles. The van der Waals surface area contributed by atoms with Gasteiger partial charge in [0, 0.05) is 13.3 Å². The Morgan fingerprint density at radius 1 is 1.55 bits per heavy atom. The van der Waals surface area contributed by atoms with Crippen LogP contribution < -0.4 is 10.6 Å². The van der Waals surface area contributed by atoms with Crippen molar-refractivity contribution >= 4 is 11.7 Å². The molecule has 8 nitrogen and oxygen atoms in total. The highest BCUT2D eigenvalue weighted by molar-refractivity contribution is 5.91. The number of carbonyl (C=O) groups is 1. The van der Waals surface area contributed by atoms with Crippen molar-refractivity contribution in [3.8, 4) is 5.82 Å². The van der Waals surface area contributed by atoms with Crippen LogP contribution in [0.15, 0.2) is 31.0 Å². The van der Waals surface area contributed by atoms with Crippen molar-refractivity contribution in [1.82, 2.24) is 25.1 Å². The van der Waals surface area contributed by atoms with E-state index in [1.165, 1.54) is 17.3 Å². The van der Waals surface area contributed by atoms with Crippen molar-refractivity contribution in [2.75, 3.05) is 19.0 Å². The number of nitrogens with zero attached hydrogens (tertiary/aromatic N) is 4. The molecule has 2 amide bonds. The normalized spacial score (nSPS) is 11.9. The zero-order chi connectivity index (χ0) is 14.4. The second-order valence-corrected chi connectivity index (χ2v) is 4.17. The minimum absolute atomic E-state index is 0.0912. The molecule has 0 radical (unpaired) electrons. The van der Waals surface area contributed by atoms with E-state index in [0.717, 1.165) is 0 Å². The average molecular weight is 276 g/mol. The summed E-state index contributed by atoms with van der Waals surface area (Å²) in [6.07, 6.45) is 4.53. The largest absolute Gasteiger partial charge is 0.383 e. The smallest absolute Gasteiger partial charge is 0.319 e. The van der Waals surface area contributed by atoms with Crippen LogP contribution in [0.25, 0.3) is 5.82 Å². The van der Waals surface area contributed by atoms with E-state index in [9.17, 15) is 4.79 Å². The summed E-state index contributed by atoms with van der Waals surface area (Å²) in [5, 5.41) is 9.48. The number of nitrogens with one attached hydrogen (secondary N) is 2. The molecule has 0 aliphatic rings. The number of ether oxygens (including phenoxy) is 1. The third kappa shape index (κ3) is 3.51. The Kier molecular flexibility index (Phi) is 4.61. The predicted octanol–water partition coefficient (Wildman–Crippen LogP) is 0.819. The molecular formula is C12H16N6O2. The topological polar surface area (TPSA) is 94.0 Å². The van der Waals surface area contributed by atoms with E-state index in [4.69, 9.17) is 4.74 Å². The van der Waals surface area contributed by atoms with Crippen LogP contribution in [0.1, 0.15) is 6.92 Å². The number of pyridine rings is 1. The average Bonchev–Trinajstić information content (AvgIpc) is 2.93. The first kappa shape index (κ1) is 13.9. The highest BCUT2D eigenvalue weighted by Gasteiger charge is 2.11. The van der Waals surface area contributed by atoms with Gasteiger partial charge >= 0.3 is 6.03 Å². The summed E-state index contributed by atoms with van der Waals surface area (Å²) in [5.74, 6) is 0.500. The Bertz CT molecular complexity index is 557. The Labute approximate surface area is 116 Å². The molecule has 0 aromatic carbocycles. The second kappa shape index (κ2) is 6.62. The van der Waals surface area contributed by atoms with Gasteiger partial charge in [-0.1, -0.05) is 0 Å². The fourth-order valence-electron chi connectivity index (χ4n) is 1.67. The quantitative estimate of drug-likeness (QED) is 0.843. The van der Waals surface area contributed by atoms with Gasteiger partial charge in [-0.15, -0.1) is 0 Å². The molecule has 0 spiro atoms. The van der Waals surface area contributed by atoms with E-state index in [2.05, 4.69) is 25.7 Å². The predicted molar refractivity (Wildman–Crippen MR) is 72.6 cm³/mol. The summed E-state index contributed by atoms with van der Waals surface area (Å²) in [5.41, 5.74) is 0.542. The van der Waals surface area contributed by atoms with Crippen LogP contribution in [0, 0.1) is 0 Å². The number of rotatable bonds is 5. The van der Waals surface area contributed by atoms with Gasteiger partial charge in [-0.3, -0.25) is 0 Å². The third-order valence-electron chi connectivity index (χ3n) is 2.46. The summed E-state index contributed by atoms with van der Waals surface area (Å²) in [7, 11) is 1.58. The molecule has 0 saturated carbocycles. The number of urea groups is 1. The molecule has 0 fully saturated rings. The van der Waals surface area contributed by atoms with E-state index in [1.54, 1.807) is 25.4 Å². The van der Waals surface area contributed by atoms with E-state index in [0.29, 0.717) is 18.1 Å². The zero-order valence-electron chi connectivity index (χ0n) is 11.3. The maximum absolute atomic E-state index is 11.9. The number of hydrogen-bond donors (Lipinski definition) is 2. The third-order valence-corrected chi connectivity index (χ3v) is 2.46. The van der Waals surface area contributed by atoms with Gasteiger partial charge in [0.1, 0.15) is 12.7 Å². The lowest BCUT2D eigenvalue weighted by molar-refractivity contribution is 0.173. The Balaban J connectivity index is 2.08. The maximum Gasteiger partial charge on any atom is 0.319 e. The number of aromatic nitrogens is 4. The van der Waals surface area contributed by atoms with E-state index >= 15 is 0 Å². The zero-order valence-corrected chi connectivity index (χ0v) is 11.3. The first-order valence-electron chi connectivity index (χ1n) is 6.07. The van der Waals surface area contributed by atoms with Gasteiger partial charge in [0.2, 0.25) is 0 Å². The van der Waals surface area contributed by atoms with Gasteiger partial charge in [-0.25, -0.2) is 19.4 Å². The van der Waals surface area contributed by atoms with Crippen LogP contribution >= 0.6 is 0 Å². The molecule has 0 aliphatic heterocycles. The van der Waals surface area contributed by atoms with Crippen LogP contribution in [0.3, 0.4) is 0 Å². The summed E-state index contributed by atoms with van der Waals surface area (Å²) >= 11 is 0. The van der Waals surface area contributed by atoms with Gasteiger partial charge in [0.05, 0.1) is 18.3 Å². The number of carbonyl (C=O) groups excluding carboxylic acids is 1. The molecule has 106 valence electrons. The highest BCUT2D eigenvalue weighted by Crippen LogP contribution is 2.15. The van der Waals surface area contributed by atoms with Gasteiger partial charge in [-0.05, 0) is 19.1 Å². The molecule has 20 heavy (non-hydrogen) atoms. The van der Waals surface area contributed by atoms with Crippen molar-refractivity contribution in [3.63, 3.8) is 0 Å². The minimum Gasteiger partial charge on any atom is -0.383 e. The van der Waals surface area contributed by atoms with E-state index < -0.39 is 0 Å². The lowest BCUT2D eigenvalue weighted by Gasteiger charge is -2.14. The summed E-state index contributed by atoms with van der Waals surface area (Å²) in [4.78, 5) is 19.9. The van der Waals surface area contributed by atoms with E-state index in [-0.39, 0.29) is 12.1 Å². The summed E-state index contributed by atoms with van der Waals surface area (Å²) < 4.78 is 6.44. The standard InChI is InChI=1S/C12H16N6O2/c1-9(6-20-2)16-12(19)17-10-4-3-5-14-11(10)18-8-13-7-15-18/h3-5,7-9H,6H2,1-2H3,(H2,16,17,19). The number of hydrogen-bond acceptors (Lipinski definition) is 5. The van der Waals surface area contributed by atoms with Gasteiger partial charge in [0.25, 0.3) is 0 Å². The molecule has 2 aromatic rings. The van der Waals surface area contributed by atoms with Gasteiger partial charge in [-0.2, -0.15) is 5.10 Å². The fraction of sp³-hybridized carbons (Fsp3) is 0.333. The fourth-order valence-corrected chi connectivity index (χ4v) is 1.67. The molecule has 2 rings (SSSR count). The molecule has 2 heterocycles. The lowest BCUT2D eigenvalue weighted by atomic mass is 10.3. The monoisotopic (exact) mass is 276 g/mol. The van der Waals surface area contributed by atoms with Gasteiger partial charge in [0.15, 0.2) is 5.82 Å². The summed E-state index contributed by atoms with van der Waals surface area (Å²) in [6, 6.07) is 3.05. The van der Waals surface area contributed by atoms with Crippen molar-refractivity contribution in [2.24, 2.45) is 0 Å². The number of anilines is 1. The van der Waals surface area contributed by atoms with Crippen LogP contribution in [-0.4, -0.2) is 45.5 Å². The molecule has 8 heteroatoms. The SMILES string of the molecule is COCC(C)NC(=O)Nc1cccnc1-n1cncn1. The molecule has 0 aliphatic carbocycles. The van der Waals surface area contributed by atoms with Crippen molar-refractivity contribution in [3.05, 3.63) is 31.0 Å². The van der Waals surface area contributed by atoms with E-state index in [1.807, 2.05) is 6.92 Å². The maximum atomic E-state index is 11.9. The van der Waals surface area contributed by atoms with Crippen LogP contribution in [0.4, 0.5) is 10.5 Å². The first-order chi connectivity index (χ1) is 9.70. The Morgan fingerprint density at radius 2 is 2.40 bits per heavy atom. The number of methoxy groups -OCH3 is 1. The summed E-state index contributed by atoms with van der Waals surface area (Å²) in [6.45, 7) is 2.29. The lowest BCUT2D eigenvalue weighted by Crippen LogP contribution is -2.38. The molecule has 2 aromatic heterocycles. The highest BCUT2D eigenvalue weighted by atomic mass is 16.5. The number of amides is 2.